The van der Waals surface area contributed by atoms with Crippen molar-refractivity contribution in [2.24, 2.45) is 0 Å². The highest BCUT2D eigenvalue weighted by atomic mass is 16.5. The van der Waals surface area contributed by atoms with Crippen molar-refractivity contribution >= 4 is 17.9 Å². The SMILES string of the molecule is CCCCCCCCOC(=O)CC(NCC[N+](C)(C)CC(=O)O)C(=O)OCCCCCCCC. The number of carbonyl (C=O) groups excluding carboxylic acids is 2. The normalized spacial score (nSPS) is 12.4. The van der Waals surface area contributed by atoms with Crippen LogP contribution in [0.5, 0.6) is 0 Å². The van der Waals surface area contributed by atoms with E-state index in [1.807, 2.05) is 14.1 Å². The van der Waals surface area contributed by atoms with Crippen LogP contribution in [0.3, 0.4) is 0 Å². The molecule has 0 bridgehead atoms. The lowest BCUT2D eigenvalue weighted by Crippen LogP contribution is -2.50. The number of ether oxygens (including phenoxy) is 2. The third-order valence-corrected chi connectivity index (χ3v) is 5.83. The van der Waals surface area contributed by atoms with Crippen molar-refractivity contribution < 1.29 is 33.4 Å². The molecule has 0 aliphatic heterocycles. The molecule has 8 heteroatoms. The average Bonchev–Trinajstić information content (AvgIpc) is 2.76. The number of likely N-dealkylation sites (N-methyl/N-ethyl adjacent to an activating group) is 1. The summed E-state index contributed by atoms with van der Waals surface area (Å²) in [6.45, 7) is 5.94. The molecule has 0 aromatic carbocycles. The van der Waals surface area contributed by atoms with Gasteiger partial charge in [-0.3, -0.25) is 14.9 Å². The maximum absolute atomic E-state index is 12.6. The van der Waals surface area contributed by atoms with Gasteiger partial charge in [-0.1, -0.05) is 78.1 Å². The van der Waals surface area contributed by atoms with Crippen LogP contribution < -0.4 is 5.32 Å². The fourth-order valence-electron chi connectivity index (χ4n) is 3.68. The Balaban J connectivity index is 4.51. The first-order valence-electron chi connectivity index (χ1n) is 13.3. The maximum atomic E-state index is 12.6. The van der Waals surface area contributed by atoms with Gasteiger partial charge < -0.3 is 19.1 Å². The van der Waals surface area contributed by atoms with E-state index in [9.17, 15) is 14.4 Å². The van der Waals surface area contributed by atoms with Crippen molar-refractivity contribution in [3.05, 3.63) is 0 Å². The van der Waals surface area contributed by atoms with E-state index in [0.29, 0.717) is 26.3 Å². The Hall–Kier alpha value is -1.67. The predicted octanol–water partition coefficient (Wildman–Crippen LogP) is 4.30. The fraction of sp³-hybridized carbons (Fsp3) is 0.885. The lowest BCUT2D eigenvalue weighted by atomic mass is 10.1. The Kier molecular flexibility index (Phi) is 19.7. The summed E-state index contributed by atoms with van der Waals surface area (Å²) in [4.78, 5) is 36.0. The molecular weight excluding hydrogens is 436 g/mol. The third-order valence-electron chi connectivity index (χ3n) is 5.83. The van der Waals surface area contributed by atoms with E-state index in [-0.39, 0.29) is 17.4 Å². The summed E-state index contributed by atoms with van der Waals surface area (Å²) in [6.07, 6.45) is 13.1. The van der Waals surface area contributed by atoms with Gasteiger partial charge in [0, 0.05) is 6.54 Å². The summed E-state index contributed by atoms with van der Waals surface area (Å²) < 4.78 is 11.0. The number of unbranched alkanes of at least 4 members (excludes halogenated alkanes) is 10. The molecule has 0 rings (SSSR count). The van der Waals surface area contributed by atoms with E-state index < -0.39 is 23.9 Å². The van der Waals surface area contributed by atoms with Gasteiger partial charge in [-0.25, -0.2) is 4.79 Å². The number of esters is 2. The van der Waals surface area contributed by atoms with Gasteiger partial charge in [0.15, 0.2) is 6.54 Å². The van der Waals surface area contributed by atoms with Crippen LogP contribution in [0, 0.1) is 0 Å². The highest BCUT2D eigenvalue weighted by Crippen LogP contribution is 2.08. The molecular formula is C26H51N2O6+. The summed E-state index contributed by atoms with van der Waals surface area (Å²) in [6, 6.07) is -0.790. The first kappa shape index (κ1) is 32.3. The Morgan fingerprint density at radius 1 is 0.794 bits per heavy atom. The zero-order chi connectivity index (χ0) is 25.7. The van der Waals surface area contributed by atoms with Crippen LogP contribution in [0.4, 0.5) is 0 Å². The number of carboxylic acids is 1. The van der Waals surface area contributed by atoms with Crippen molar-refractivity contribution in [3.8, 4) is 0 Å². The first-order chi connectivity index (χ1) is 16.2. The molecule has 0 spiro atoms. The second kappa shape index (κ2) is 20.7. The highest BCUT2D eigenvalue weighted by Gasteiger charge is 2.26. The molecule has 1 atom stereocenters. The second-order valence-electron chi connectivity index (χ2n) is 9.85. The van der Waals surface area contributed by atoms with E-state index in [2.05, 4.69) is 19.2 Å². The number of quaternary nitrogens is 1. The lowest BCUT2D eigenvalue weighted by molar-refractivity contribution is -0.881. The molecule has 0 radical (unpaired) electrons. The highest BCUT2D eigenvalue weighted by molar-refractivity contribution is 5.82. The number of rotatable bonds is 23. The van der Waals surface area contributed by atoms with E-state index in [4.69, 9.17) is 14.6 Å². The molecule has 0 aliphatic carbocycles. The number of carbonyl (C=O) groups is 3. The standard InChI is InChI=1S/C26H50N2O6/c1-5-7-9-11-13-15-19-33-25(31)21-23(27-17-18-28(3,4)22-24(29)30)26(32)34-20-16-14-12-10-8-6-2/h23,27H,5-22H2,1-4H3/p+1. The number of hydrogen-bond acceptors (Lipinski definition) is 6. The fourth-order valence-corrected chi connectivity index (χ4v) is 3.68. The molecule has 0 aromatic heterocycles. The zero-order valence-corrected chi connectivity index (χ0v) is 22.2. The van der Waals surface area contributed by atoms with Gasteiger partial charge in [-0.15, -0.1) is 0 Å². The molecule has 0 fully saturated rings. The van der Waals surface area contributed by atoms with Gasteiger partial charge in [0.05, 0.1) is 40.3 Å². The van der Waals surface area contributed by atoms with Gasteiger partial charge in [-0.2, -0.15) is 0 Å². The molecule has 1 unspecified atom stereocenters. The van der Waals surface area contributed by atoms with Crippen LogP contribution in [0.25, 0.3) is 0 Å². The second-order valence-corrected chi connectivity index (χ2v) is 9.85. The van der Waals surface area contributed by atoms with Gasteiger partial charge in [0.2, 0.25) is 0 Å². The minimum atomic E-state index is -0.877. The zero-order valence-electron chi connectivity index (χ0n) is 22.2. The summed E-state index contributed by atoms with van der Waals surface area (Å²) >= 11 is 0. The Morgan fingerprint density at radius 2 is 1.29 bits per heavy atom. The largest absolute Gasteiger partial charge is 0.477 e. The van der Waals surface area contributed by atoms with Crippen molar-refractivity contribution in [1.82, 2.24) is 5.32 Å². The molecule has 0 saturated heterocycles. The summed E-state index contributed by atoms with van der Waals surface area (Å²) in [7, 11) is 3.63. The summed E-state index contributed by atoms with van der Waals surface area (Å²) in [5.74, 6) is -1.74. The van der Waals surface area contributed by atoms with E-state index in [0.717, 1.165) is 38.5 Å². The molecule has 0 saturated carbocycles. The molecule has 0 aromatic rings. The van der Waals surface area contributed by atoms with E-state index in [1.54, 1.807) is 0 Å². The van der Waals surface area contributed by atoms with Crippen LogP contribution in [-0.2, 0) is 23.9 Å². The third kappa shape index (κ3) is 19.8. The summed E-state index contributed by atoms with van der Waals surface area (Å²) in [5.41, 5.74) is 0. The molecule has 200 valence electrons. The van der Waals surface area contributed by atoms with Gasteiger partial charge in [-0.05, 0) is 12.8 Å². The Bertz CT molecular complexity index is 553. The molecule has 8 nitrogen and oxygen atoms in total. The Labute approximate surface area is 207 Å². The topological polar surface area (TPSA) is 102 Å². The summed E-state index contributed by atoms with van der Waals surface area (Å²) in [5, 5.41) is 12.1. The maximum Gasteiger partial charge on any atom is 0.359 e. The van der Waals surface area contributed by atoms with E-state index in [1.165, 1.54) is 38.5 Å². The molecule has 34 heavy (non-hydrogen) atoms. The molecule has 0 heterocycles. The number of carboxylic acid groups (broad SMARTS) is 1. The van der Waals surface area contributed by atoms with Crippen molar-refractivity contribution in [2.75, 3.05) is 46.9 Å². The van der Waals surface area contributed by atoms with Crippen LogP contribution in [-0.4, -0.2) is 80.5 Å². The Morgan fingerprint density at radius 3 is 1.82 bits per heavy atom. The number of nitrogens with zero attached hydrogens (tertiary/aromatic N) is 1. The van der Waals surface area contributed by atoms with Crippen LogP contribution in [0.2, 0.25) is 0 Å². The number of hydrogen-bond donors (Lipinski definition) is 2. The minimum Gasteiger partial charge on any atom is -0.477 e. The smallest absolute Gasteiger partial charge is 0.359 e. The van der Waals surface area contributed by atoms with Crippen molar-refractivity contribution in [1.29, 1.82) is 0 Å². The van der Waals surface area contributed by atoms with Gasteiger partial charge in [0.1, 0.15) is 6.04 Å². The van der Waals surface area contributed by atoms with E-state index >= 15 is 0 Å². The van der Waals surface area contributed by atoms with Crippen LogP contribution in [0.15, 0.2) is 0 Å². The quantitative estimate of drug-likeness (QED) is 0.126. The van der Waals surface area contributed by atoms with Crippen LogP contribution >= 0.6 is 0 Å². The van der Waals surface area contributed by atoms with Crippen LogP contribution in [0.1, 0.15) is 97.3 Å². The number of aliphatic carboxylic acids is 1. The molecule has 0 amide bonds. The number of nitrogens with one attached hydrogen (secondary N) is 1. The van der Waals surface area contributed by atoms with Crippen molar-refractivity contribution in [3.63, 3.8) is 0 Å². The van der Waals surface area contributed by atoms with Gasteiger partial charge >= 0.3 is 17.9 Å². The first-order valence-corrected chi connectivity index (χ1v) is 13.3. The lowest BCUT2D eigenvalue weighted by Gasteiger charge is -2.28. The predicted molar refractivity (Wildman–Crippen MR) is 135 cm³/mol. The molecule has 2 N–H and O–H groups in total. The monoisotopic (exact) mass is 487 g/mol. The molecule has 0 aliphatic rings. The van der Waals surface area contributed by atoms with Gasteiger partial charge in [0.25, 0.3) is 0 Å². The average molecular weight is 488 g/mol. The minimum absolute atomic E-state index is 0.0187. The van der Waals surface area contributed by atoms with Crippen molar-refractivity contribution in [2.45, 2.75) is 103 Å².